The van der Waals surface area contributed by atoms with E-state index in [1.807, 2.05) is 31.2 Å². The van der Waals surface area contributed by atoms with Gasteiger partial charge in [0.1, 0.15) is 5.75 Å². The Morgan fingerprint density at radius 3 is 2.72 bits per heavy atom. The van der Waals surface area contributed by atoms with Crippen LogP contribution in [0, 0.1) is 6.92 Å². The number of hydrogen-bond acceptors (Lipinski definition) is 2. The Bertz CT molecular complexity index is 519. The topological polar surface area (TPSA) is 9.23 Å². The quantitative estimate of drug-likeness (QED) is 0.660. The summed E-state index contributed by atoms with van der Waals surface area (Å²) in [5.41, 5.74) is 1.02. The van der Waals surface area contributed by atoms with Gasteiger partial charge in [0.25, 0.3) is 0 Å². The highest BCUT2D eigenvalue weighted by Gasteiger charge is 2.18. The van der Waals surface area contributed by atoms with E-state index in [2.05, 4.69) is 28.9 Å². The maximum atomic E-state index is 6.57. The third kappa shape index (κ3) is 2.90. The van der Waals surface area contributed by atoms with Gasteiger partial charge in [0.05, 0.1) is 12.0 Å². The first kappa shape index (κ1) is 13.9. The first-order valence-corrected chi connectivity index (χ1v) is 7.79. The molecule has 1 heterocycles. The first-order chi connectivity index (χ1) is 8.63. The summed E-state index contributed by atoms with van der Waals surface area (Å²) in [5, 5.41) is -0.164. The molecule has 0 radical (unpaired) electrons. The van der Waals surface area contributed by atoms with Crippen LogP contribution in [0.15, 0.2) is 34.8 Å². The van der Waals surface area contributed by atoms with Gasteiger partial charge in [-0.15, -0.1) is 22.9 Å². The molecule has 96 valence electrons. The highest BCUT2D eigenvalue weighted by atomic mass is 79.9. The zero-order chi connectivity index (χ0) is 13.1. The van der Waals surface area contributed by atoms with Crippen LogP contribution in [0.3, 0.4) is 0 Å². The Kier molecular flexibility index (Phi) is 4.71. The molecule has 0 aliphatic rings. The van der Waals surface area contributed by atoms with Crippen LogP contribution in [0.1, 0.15) is 27.6 Å². The summed E-state index contributed by atoms with van der Waals surface area (Å²) in [6.45, 7) is 4.70. The number of benzene rings is 1. The van der Waals surface area contributed by atoms with Gasteiger partial charge in [-0.05, 0) is 41.9 Å². The van der Waals surface area contributed by atoms with Gasteiger partial charge in [-0.25, -0.2) is 0 Å². The van der Waals surface area contributed by atoms with Crippen molar-refractivity contribution >= 4 is 38.9 Å². The van der Waals surface area contributed by atoms with Gasteiger partial charge >= 0.3 is 0 Å². The van der Waals surface area contributed by atoms with Crippen molar-refractivity contribution < 1.29 is 4.74 Å². The predicted molar refractivity (Wildman–Crippen MR) is 82.1 cm³/mol. The summed E-state index contributed by atoms with van der Waals surface area (Å²) in [7, 11) is 0. The van der Waals surface area contributed by atoms with Gasteiger partial charge in [0, 0.05) is 19.8 Å². The van der Waals surface area contributed by atoms with E-state index in [9.17, 15) is 0 Å². The molecular formula is C14H14BrClOS. The zero-order valence-electron chi connectivity index (χ0n) is 10.2. The molecule has 18 heavy (non-hydrogen) atoms. The first-order valence-electron chi connectivity index (χ1n) is 5.75. The highest BCUT2D eigenvalue weighted by Crippen LogP contribution is 2.40. The van der Waals surface area contributed by atoms with E-state index >= 15 is 0 Å². The Morgan fingerprint density at radius 2 is 2.11 bits per heavy atom. The SMILES string of the molecule is CCOc1ccccc1C(Cl)c1cc(Br)c(C)s1. The van der Waals surface area contributed by atoms with Gasteiger partial charge < -0.3 is 4.74 Å². The molecule has 1 unspecified atom stereocenters. The van der Waals surface area contributed by atoms with Crippen LogP contribution in [0.2, 0.25) is 0 Å². The van der Waals surface area contributed by atoms with Crippen LogP contribution in [-0.2, 0) is 0 Å². The summed E-state index contributed by atoms with van der Waals surface area (Å²) in [5.74, 6) is 0.863. The smallest absolute Gasteiger partial charge is 0.124 e. The van der Waals surface area contributed by atoms with E-state index in [1.54, 1.807) is 11.3 Å². The standard InChI is InChI=1S/C14H14BrClOS/c1-3-17-12-7-5-4-6-10(12)14(16)13-8-11(15)9(2)18-13/h4-8,14H,3H2,1-2H3. The number of halogens is 2. The van der Waals surface area contributed by atoms with Crippen molar-refractivity contribution in [1.82, 2.24) is 0 Å². The fourth-order valence-corrected chi connectivity index (χ4v) is 3.67. The van der Waals surface area contributed by atoms with Crippen LogP contribution in [0.4, 0.5) is 0 Å². The normalized spacial score (nSPS) is 12.4. The molecular weight excluding hydrogens is 332 g/mol. The number of ether oxygens (including phenoxy) is 1. The second-order valence-electron chi connectivity index (χ2n) is 3.89. The van der Waals surface area contributed by atoms with Crippen LogP contribution in [0.5, 0.6) is 5.75 Å². The molecule has 1 aromatic carbocycles. The van der Waals surface area contributed by atoms with Gasteiger partial charge in [-0.3, -0.25) is 0 Å². The van der Waals surface area contributed by atoms with Crippen molar-refractivity contribution in [3.63, 3.8) is 0 Å². The number of aryl methyl sites for hydroxylation is 1. The third-order valence-corrected chi connectivity index (χ3v) is 5.42. The molecule has 0 saturated heterocycles. The molecule has 1 atom stereocenters. The van der Waals surface area contributed by atoms with E-state index in [0.717, 1.165) is 20.7 Å². The molecule has 1 aromatic heterocycles. The number of para-hydroxylation sites is 1. The zero-order valence-corrected chi connectivity index (χ0v) is 13.4. The lowest BCUT2D eigenvalue weighted by molar-refractivity contribution is 0.337. The molecule has 0 amide bonds. The lowest BCUT2D eigenvalue weighted by atomic mass is 10.1. The number of thiophene rings is 1. The minimum Gasteiger partial charge on any atom is -0.494 e. The van der Waals surface area contributed by atoms with Crippen molar-refractivity contribution in [2.24, 2.45) is 0 Å². The molecule has 0 N–H and O–H groups in total. The van der Waals surface area contributed by atoms with Gasteiger partial charge in [-0.2, -0.15) is 0 Å². The van der Waals surface area contributed by atoms with Crippen LogP contribution >= 0.6 is 38.9 Å². The molecule has 0 aliphatic heterocycles. The molecule has 1 nitrogen and oxygen atoms in total. The van der Waals surface area contributed by atoms with E-state index in [0.29, 0.717) is 6.61 Å². The van der Waals surface area contributed by atoms with E-state index in [-0.39, 0.29) is 5.38 Å². The van der Waals surface area contributed by atoms with Crippen LogP contribution < -0.4 is 4.74 Å². The van der Waals surface area contributed by atoms with Gasteiger partial charge in [0.15, 0.2) is 0 Å². The van der Waals surface area contributed by atoms with Crippen molar-refractivity contribution in [2.75, 3.05) is 6.61 Å². The molecule has 0 aliphatic carbocycles. The minimum absolute atomic E-state index is 0.164. The van der Waals surface area contributed by atoms with Crippen LogP contribution in [-0.4, -0.2) is 6.61 Å². The number of rotatable bonds is 4. The average Bonchev–Trinajstić information content (AvgIpc) is 2.70. The van der Waals surface area contributed by atoms with Crippen molar-refractivity contribution in [3.05, 3.63) is 50.1 Å². The fraction of sp³-hybridized carbons (Fsp3) is 0.286. The number of alkyl halides is 1. The average molecular weight is 346 g/mol. The molecule has 0 saturated carbocycles. The summed E-state index contributed by atoms with van der Waals surface area (Å²) >= 11 is 11.8. The second kappa shape index (κ2) is 6.09. The van der Waals surface area contributed by atoms with Crippen molar-refractivity contribution in [1.29, 1.82) is 0 Å². The van der Waals surface area contributed by atoms with Crippen LogP contribution in [0.25, 0.3) is 0 Å². The highest BCUT2D eigenvalue weighted by molar-refractivity contribution is 9.10. The molecule has 0 fully saturated rings. The van der Waals surface area contributed by atoms with Crippen molar-refractivity contribution in [2.45, 2.75) is 19.2 Å². The van der Waals surface area contributed by atoms with E-state index in [1.165, 1.54) is 4.88 Å². The lowest BCUT2D eigenvalue weighted by Crippen LogP contribution is -1.98. The monoisotopic (exact) mass is 344 g/mol. The number of hydrogen-bond donors (Lipinski definition) is 0. The third-order valence-electron chi connectivity index (χ3n) is 2.62. The Labute approximate surface area is 125 Å². The molecule has 2 aromatic rings. The van der Waals surface area contributed by atoms with Gasteiger partial charge in [-0.1, -0.05) is 18.2 Å². The second-order valence-corrected chi connectivity index (χ2v) is 6.46. The Hall–Kier alpha value is -0.510. The Balaban J connectivity index is 2.36. The summed E-state index contributed by atoms with van der Waals surface area (Å²) in [4.78, 5) is 2.37. The minimum atomic E-state index is -0.164. The fourth-order valence-electron chi connectivity index (χ4n) is 1.74. The summed E-state index contributed by atoms with van der Waals surface area (Å²) in [6.07, 6.45) is 0. The van der Waals surface area contributed by atoms with E-state index in [4.69, 9.17) is 16.3 Å². The van der Waals surface area contributed by atoms with E-state index < -0.39 is 0 Å². The molecule has 4 heteroatoms. The predicted octanol–water partition coefficient (Wildman–Crippen LogP) is 5.55. The van der Waals surface area contributed by atoms with Crippen molar-refractivity contribution in [3.8, 4) is 5.75 Å². The molecule has 2 rings (SSSR count). The summed E-state index contributed by atoms with van der Waals surface area (Å²) in [6, 6.07) is 10.0. The molecule has 0 spiro atoms. The largest absolute Gasteiger partial charge is 0.494 e. The maximum Gasteiger partial charge on any atom is 0.124 e. The van der Waals surface area contributed by atoms with Gasteiger partial charge in [0.2, 0.25) is 0 Å². The maximum absolute atomic E-state index is 6.57. The lowest BCUT2D eigenvalue weighted by Gasteiger charge is -2.13. The summed E-state index contributed by atoms with van der Waals surface area (Å²) < 4.78 is 6.74. The Morgan fingerprint density at radius 1 is 1.39 bits per heavy atom. The molecule has 0 bridgehead atoms.